The van der Waals surface area contributed by atoms with E-state index in [1.54, 1.807) is 0 Å². The minimum Gasteiger partial charge on any atom is -0.394 e. The van der Waals surface area contributed by atoms with Crippen LogP contribution in [0.5, 0.6) is 0 Å². The van der Waals surface area contributed by atoms with Crippen LogP contribution in [-0.2, 0) is 4.74 Å². The molecule has 1 fully saturated rings. The van der Waals surface area contributed by atoms with Gasteiger partial charge in [-0.1, -0.05) is 6.92 Å². The fraction of sp³-hybridized carbons (Fsp3) is 1.00. The molecule has 4 unspecified atom stereocenters. The topological polar surface area (TPSA) is 49.7 Å². The first-order chi connectivity index (χ1) is 5.20. The van der Waals surface area contributed by atoms with Crippen LogP contribution in [-0.4, -0.2) is 35.1 Å². The molecule has 1 saturated heterocycles. The van der Waals surface area contributed by atoms with Crippen molar-refractivity contribution in [2.24, 2.45) is 5.92 Å². The largest absolute Gasteiger partial charge is 0.394 e. The summed E-state index contributed by atoms with van der Waals surface area (Å²) in [6.07, 6.45) is 0.163. The molecule has 0 saturated carbocycles. The summed E-state index contributed by atoms with van der Waals surface area (Å²) >= 11 is 0. The van der Waals surface area contributed by atoms with Crippen molar-refractivity contribution in [3.63, 3.8) is 0 Å². The molecule has 2 N–H and O–H groups in total. The van der Waals surface area contributed by atoms with E-state index in [-0.39, 0.29) is 24.7 Å². The molecule has 0 bridgehead atoms. The summed E-state index contributed by atoms with van der Waals surface area (Å²) in [6, 6.07) is 0. The molecule has 1 aliphatic heterocycles. The summed E-state index contributed by atoms with van der Waals surface area (Å²) in [5, 5.41) is 18.4. The standard InChI is InChI=1S/C8H16O3/c1-3-6-7(4-9)11-5(2)8(6)10/h5-10H,3-4H2,1-2H3. The van der Waals surface area contributed by atoms with E-state index in [1.165, 1.54) is 0 Å². The highest BCUT2D eigenvalue weighted by molar-refractivity contribution is 4.87. The molecule has 3 nitrogen and oxygen atoms in total. The van der Waals surface area contributed by atoms with Gasteiger partial charge in [-0.05, 0) is 13.3 Å². The Morgan fingerprint density at radius 1 is 1.45 bits per heavy atom. The quantitative estimate of drug-likeness (QED) is 0.604. The van der Waals surface area contributed by atoms with Gasteiger partial charge in [0, 0.05) is 5.92 Å². The first-order valence-electron chi connectivity index (χ1n) is 4.15. The zero-order valence-corrected chi connectivity index (χ0v) is 7.03. The fourth-order valence-corrected chi connectivity index (χ4v) is 1.71. The van der Waals surface area contributed by atoms with Crippen LogP contribution in [0.1, 0.15) is 20.3 Å². The second-order valence-corrected chi connectivity index (χ2v) is 3.12. The van der Waals surface area contributed by atoms with Crippen molar-refractivity contribution in [1.82, 2.24) is 0 Å². The number of ether oxygens (including phenoxy) is 1. The molecule has 0 aromatic carbocycles. The molecule has 4 atom stereocenters. The monoisotopic (exact) mass is 160 g/mol. The average Bonchev–Trinajstić information content (AvgIpc) is 2.28. The normalized spacial score (nSPS) is 44.7. The van der Waals surface area contributed by atoms with Crippen molar-refractivity contribution in [3.05, 3.63) is 0 Å². The first-order valence-corrected chi connectivity index (χ1v) is 4.15. The summed E-state index contributed by atoms with van der Waals surface area (Å²) in [4.78, 5) is 0. The van der Waals surface area contributed by atoms with Crippen molar-refractivity contribution >= 4 is 0 Å². The molecule has 0 aliphatic carbocycles. The Morgan fingerprint density at radius 2 is 2.09 bits per heavy atom. The van der Waals surface area contributed by atoms with Crippen molar-refractivity contribution < 1.29 is 14.9 Å². The number of aliphatic hydroxyl groups is 2. The molecule has 0 aromatic rings. The predicted molar refractivity (Wildman–Crippen MR) is 41.2 cm³/mol. The van der Waals surface area contributed by atoms with Crippen LogP contribution in [0.3, 0.4) is 0 Å². The second kappa shape index (κ2) is 3.52. The Labute approximate surface area is 67.0 Å². The van der Waals surface area contributed by atoms with Crippen LogP contribution in [0.25, 0.3) is 0 Å². The van der Waals surface area contributed by atoms with Crippen LogP contribution >= 0.6 is 0 Å². The minimum absolute atomic E-state index is 0.0138. The first kappa shape index (κ1) is 8.97. The molecule has 66 valence electrons. The van der Waals surface area contributed by atoms with Crippen LogP contribution in [0, 0.1) is 5.92 Å². The lowest BCUT2D eigenvalue weighted by molar-refractivity contribution is -0.00246. The van der Waals surface area contributed by atoms with E-state index in [2.05, 4.69) is 0 Å². The molecule has 0 spiro atoms. The van der Waals surface area contributed by atoms with E-state index in [0.717, 1.165) is 6.42 Å². The highest BCUT2D eigenvalue weighted by Gasteiger charge is 2.39. The molecule has 3 heteroatoms. The summed E-state index contributed by atoms with van der Waals surface area (Å²) < 4.78 is 5.33. The lowest BCUT2D eigenvalue weighted by Crippen LogP contribution is -2.27. The number of hydrogen-bond donors (Lipinski definition) is 2. The highest BCUT2D eigenvalue weighted by atomic mass is 16.5. The summed E-state index contributed by atoms with van der Waals surface area (Å²) in [7, 11) is 0. The maximum Gasteiger partial charge on any atom is 0.0864 e. The number of rotatable bonds is 2. The lowest BCUT2D eigenvalue weighted by Gasteiger charge is -2.15. The third-order valence-electron chi connectivity index (χ3n) is 2.44. The van der Waals surface area contributed by atoms with Gasteiger partial charge in [-0.15, -0.1) is 0 Å². The molecule has 0 radical (unpaired) electrons. The third-order valence-corrected chi connectivity index (χ3v) is 2.44. The molecule has 1 aliphatic rings. The zero-order valence-electron chi connectivity index (χ0n) is 7.03. The van der Waals surface area contributed by atoms with Gasteiger partial charge >= 0.3 is 0 Å². The SMILES string of the molecule is CCC1C(CO)OC(C)C1O. The van der Waals surface area contributed by atoms with Gasteiger partial charge in [0.2, 0.25) is 0 Å². The molecule has 1 rings (SSSR count). The Morgan fingerprint density at radius 3 is 2.45 bits per heavy atom. The average molecular weight is 160 g/mol. The zero-order chi connectivity index (χ0) is 8.43. The Bertz CT molecular complexity index is 127. The van der Waals surface area contributed by atoms with Gasteiger partial charge in [-0.25, -0.2) is 0 Å². The van der Waals surface area contributed by atoms with E-state index in [4.69, 9.17) is 9.84 Å². The van der Waals surface area contributed by atoms with E-state index in [1.807, 2.05) is 13.8 Å². The summed E-state index contributed by atoms with van der Waals surface area (Å²) in [5.74, 6) is 0.106. The van der Waals surface area contributed by atoms with Crippen LogP contribution in [0.2, 0.25) is 0 Å². The molecule has 11 heavy (non-hydrogen) atoms. The van der Waals surface area contributed by atoms with Gasteiger partial charge in [-0.2, -0.15) is 0 Å². The molecule has 0 aromatic heterocycles. The van der Waals surface area contributed by atoms with Crippen molar-refractivity contribution in [1.29, 1.82) is 0 Å². The van der Waals surface area contributed by atoms with Crippen molar-refractivity contribution in [2.75, 3.05) is 6.61 Å². The van der Waals surface area contributed by atoms with E-state index in [0.29, 0.717) is 0 Å². The van der Waals surface area contributed by atoms with Crippen molar-refractivity contribution in [2.45, 2.75) is 38.6 Å². The van der Waals surface area contributed by atoms with Crippen molar-refractivity contribution in [3.8, 4) is 0 Å². The lowest BCUT2D eigenvalue weighted by atomic mass is 9.94. The minimum atomic E-state index is -0.405. The number of aliphatic hydroxyl groups excluding tert-OH is 2. The van der Waals surface area contributed by atoms with Gasteiger partial charge in [0.25, 0.3) is 0 Å². The van der Waals surface area contributed by atoms with E-state index in [9.17, 15) is 5.11 Å². The predicted octanol–water partition coefficient (Wildman–Crippen LogP) is 0.153. The maximum atomic E-state index is 9.52. The Kier molecular flexibility index (Phi) is 2.87. The van der Waals surface area contributed by atoms with Gasteiger partial charge < -0.3 is 14.9 Å². The second-order valence-electron chi connectivity index (χ2n) is 3.12. The van der Waals surface area contributed by atoms with Gasteiger partial charge in [0.1, 0.15) is 0 Å². The Hall–Kier alpha value is -0.120. The van der Waals surface area contributed by atoms with Crippen LogP contribution in [0.4, 0.5) is 0 Å². The summed E-state index contributed by atoms with van der Waals surface area (Å²) in [5.41, 5.74) is 0. The Balaban J connectivity index is 2.57. The highest BCUT2D eigenvalue weighted by Crippen LogP contribution is 2.28. The maximum absolute atomic E-state index is 9.52. The van der Waals surface area contributed by atoms with Crippen LogP contribution in [0.15, 0.2) is 0 Å². The van der Waals surface area contributed by atoms with Gasteiger partial charge in [0.15, 0.2) is 0 Å². The van der Waals surface area contributed by atoms with E-state index >= 15 is 0 Å². The van der Waals surface area contributed by atoms with Gasteiger partial charge in [-0.3, -0.25) is 0 Å². The smallest absolute Gasteiger partial charge is 0.0864 e. The molecular weight excluding hydrogens is 144 g/mol. The van der Waals surface area contributed by atoms with Crippen LogP contribution < -0.4 is 0 Å². The molecular formula is C8H16O3. The third kappa shape index (κ3) is 1.55. The fourth-order valence-electron chi connectivity index (χ4n) is 1.71. The van der Waals surface area contributed by atoms with Gasteiger partial charge in [0.05, 0.1) is 24.9 Å². The summed E-state index contributed by atoms with van der Waals surface area (Å²) in [6.45, 7) is 3.85. The van der Waals surface area contributed by atoms with E-state index < -0.39 is 6.10 Å². The number of hydrogen-bond acceptors (Lipinski definition) is 3. The molecule has 1 heterocycles. The molecule has 0 amide bonds.